The summed E-state index contributed by atoms with van der Waals surface area (Å²) in [6.45, 7) is 4.27. The van der Waals surface area contributed by atoms with Crippen molar-refractivity contribution in [2.45, 2.75) is 25.4 Å². The molecule has 2 rings (SSSR count). The molecule has 2 heterocycles. The quantitative estimate of drug-likeness (QED) is 0.761. The summed E-state index contributed by atoms with van der Waals surface area (Å²) in [4.78, 5) is 8.33. The summed E-state index contributed by atoms with van der Waals surface area (Å²) in [5.74, 6) is 1.06. The van der Waals surface area contributed by atoms with Crippen LogP contribution in [0.2, 0.25) is 5.02 Å². The van der Waals surface area contributed by atoms with E-state index in [0.29, 0.717) is 49.4 Å². The Morgan fingerprint density at radius 3 is 2.84 bits per heavy atom. The van der Waals surface area contributed by atoms with E-state index in [0.717, 1.165) is 6.54 Å². The molecule has 1 fully saturated rings. The van der Waals surface area contributed by atoms with Gasteiger partial charge in [-0.2, -0.15) is 4.98 Å². The number of hydrogen-bond donors (Lipinski definition) is 3. The first kappa shape index (κ1) is 14.3. The van der Waals surface area contributed by atoms with Crippen LogP contribution in [0.4, 0.5) is 11.8 Å². The number of rotatable bonds is 5. The summed E-state index contributed by atoms with van der Waals surface area (Å²) in [5, 5.41) is 16.9. The predicted molar refractivity (Wildman–Crippen MR) is 74.7 cm³/mol. The van der Waals surface area contributed by atoms with Crippen LogP contribution in [0.1, 0.15) is 19.8 Å². The van der Waals surface area contributed by atoms with Gasteiger partial charge in [0.25, 0.3) is 0 Å². The highest BCUT2D eigenvalue weighted by Gasteiger charge is 2.29. The predicted octanol–water partition coefficient (Wildman–Crippen LogP) is 1.52. The molecule has 0 spiro atoms. The molecule has 1 aromatic heterocycles. The van der Waals surface area contributed by atoms with E-state index in [1.165, 1.54) is 0 Å². The smallest absolute Gasteiger partial charge is 0.224 e. The van der Waals surface area contributed by atoms with Crippen molar-refractivity contribution in [1.29, 1.82) is 0 Å². The topological polar surface area (TPSA) is 79.3 Å². The largest absolute Gasteiger partial charge is 0.388 e. The number of nitrogens with one attached hydrogen (secondary N) is 2. The third-order valence-corrected chi connectivity index (χ3v) is 3.36. The molecule has 0 radical (unpaired) electrons. The number of nitrogens with zero attached hydrogens (tertiary/aromatic N) is 2. The number of hydrogen-bond acceptors (Lipinski definition) is 6. The van der Waals surface area contributed by atoms with E-state index in [4.69, 9.17) is 16.3 Å². The lowest BCUT2D eigenvalue weighted by Gasteiger charge is -2.32. The second-order valence-electron chi connectivity index (χ2n) is 4.61. The van der Waals surface area contributed by atoms with Crippen LogP contribution in [-0.2, 0) is 4.74 Å². The minimum absolute atomic E-state index is 0.401. The standard InChI is InChI=1S/C12H19ClN4O2/c1-2-14-11-15-7-9(13)10(17-11)16-8-12(18)3-5-19-6-4-12/h7,18H,2-6,8H2,1H3,(H2,14,15,16,17). The summed E-state index contributed by atoms with van der Waals surface area (Å²) in [6.07, 6.45) is 2.77. The average molecular weight is 287 g/mol. The Hall–Kier alpha value is -1.11. The van der Waals surface area contributed by atoms with Crippen molar-refractivity contribution in [3.05, 3.63) is 11.2 Å². The molecule has 1 aromatic rings. The van der Waals surface area contributed by atoms with Crippen molar-refractivity contribution < 1.29 is 9.84 Å². The van der Waals surface area contributed by atoms with Gasteiger partial charge >= 0.3 is 0 Å². The van der Waals surface area contributed by atoms with Gasteiger partial charge in [-0.3, -0.25) is 0 Å². The molecule has 19 heavy (non-hydrogen) atoms. The van der Waals surface area contributed by atoms with E-state index in [1.807, 2.05) is 6.92 Å². The van der Waals surface area contributed by atoms with E-state index in [2.05, 4.69) is 20.6 Å². The van der Waals surface area contributed by atoms with Gasteiger partial charge in [0.1, 0.15) is 5.02 Å². The Morgan fingerprint density at radius 1 is 1.42 bits per heavy atom. The van der Waals surface area contributed by atoms with Gasteiger partial charge in [-0.25, -0.2) is 4.98 Å². The minimum atomic E-state index is -0.759. The fourth-order valence-corrected chi connectivity index (χ4v) is 2.07. The third kappa shape index (κ3) is 3.92. The molecule has 7 heteroatoms. The maximum Gasteiger partial charge on any atom is 0.224 e. The maximum atomic E-state index is 10.4. The van der Waals surface area contributed by atoms with Crippen molar-refractivity contribution in [3.63, 3.8) is 0 Å². The second kappa shape index (κ2) is 6.36. The Kier molecular flexibility index (Phi) is 4.79. The minimum Gasteiger partial charge on any atom is -0.388 e. The average Bonchev–Trinajstić information content (AvgIpc) is 2.41. The normalized spacial score (nSPS) is 18.1. The zero-order chi connectivity index (χ0) is 13.7. The highest BCUT2D eigenvalue weighted by Crippen LogP contribution is 2.24. The molecule has 0 aliphatic carbocycles. The van der Waals surface area contributed by atoms with Gasteiger partial charge in [0.2, 0.25) is 5.95 Å². The zero-order valence-electron chi connectivity index (χ0n) is 10.9. The highest BCUT2D eigenvalue weighted by molar-refractivity contribution is 6.32. The molecule has 0 unspecified atom stereocenters. The van der Waals surface area contributed by atoms with Crippen LogP contribution in [0.5, 0.6) is 0 Å². The highest BCUT2D eigenvalue weighted by atomic mass is 35.5. The Bertz CT molecular complexity index is 424. The van der Waals surface area contributed by atoms with E-state index in [9.17, 15) is 5.11 Å². The van der Waals surface area contributed by atoms with Crippen LogP contribution in [0.15, 0.2) is 6.20 Å². The Labute approximate surface area is 117 Å². The lowest BCUT2D eigenvalue weighted by molar-refractivity contribution is -0.0543. The third-order valence-electron chi connectivity index (χ3n) is 3.09. The molecule has 106 valence electrons. The summed E-state index contributed by atoms with van der Waals surface area (Å²) in [6, 6.07) is 0. The van der Waals surface area contributed by atoms with Gasteiger partial charge in [-0.05, 0) is 6.92 Å². The molecule has 0 aromatic carbocycles. The molecular formula is C12H19ClN4O2. The number of aliphatic hydroxyl groups is 1. The first-order valence-corrected chi connectivity index (χ1v) is 6.81. The van der Waals surface area contributed by atoms with E-state index >= 15 is 0 Å². The van der Waals surface area contributed by atoms with Gasteiger partial charge in [0, 0.05) is 39.1 Å². The molecule has 6 nitrogen and oxygen atoms in total. The van der Waals surface area contributed by atoms with Crippen molar-refractivity contribution in [3.8, 4) is 0 Å². The van der Waals surface area contributed by atoms with E-state index in [-0.39, 0.29) is 0 Å². The summed E-state index contributed by atoms with van der Waals surface area (Å²) >= 11 is 6.04. The van der Waals surface area contributed by atoms with Gasteiger partial charge in [-0.15, -0.1) is 0 Å². The van der Waals surface area contributed by atoms with Crippen molar-refractivity contribution >= 4 is 23.4 Å². The van der Waals surface area contributed by atoms with Crippen LogP contribution in [0.3, 0.4) is 0 Å². The lowest BCUT2D eigenvalue weighted by atomic mass is 9.94. The van der Waals surface area contributed by atoms with Gasteiger partial charge in [0.05, 0.1) is 11.8 Å². The molecular weight excluding hydrogens is 268 g/mol. The summed E-state index contributed by atoms with van der Waals surface area (Å²) < 4.78 is 5.24. The molecule has 1 aliphatic heterocycles. The number of ether oxygens (including phenoxy) is 1. The second-order valence-corrected chi connectivity index (χ2v) is 5.02. The van der Waals surface area contributed by atoms with E-state index < -0.39 is 5.60 Å². The lowest BCUT2D eigenvalue weighted by Crippen LogP contribution is -2.42. The molecule has 0 saturated carbocycles. The van der Waals surface area contributed by atoms with Crippen LogP contribution in [-0.4, -0.2) is 47.0 Å². The summed E-state index contributed by atoms with van der Waals surface area (Å²) in [5.41, 5.74) is -0.759. The maximum absolute atomic E-state index is 10.4. The van der Waals surface area contributed by atoms with Crippen LogP contribution < -0.4 is 10.6 Å². The van der Waals surface area contributed by atoms with Crippen molar-refractivity contribution in [2.24, 2.45) is 0 Å². The monoisotopic (exact) mass is 286 g/mol. The fraction of sp³-hybridized carbons (Fsp3) is 0.667. The fourth-order valence-electron chi connectivity index (χ4n) is 1.91. The van der Waals surface area contributed by atoms with Crippen LogP contribution >= 0.6 is 11.6 Å². The summed E-state index contributed by atoms with van der Waals surface area (Å²) in [7, 11) is 0. The first-order valence-electron chi connectivity index (χ1n) is 6.43. The molecule has 1 saturated heterocycles. The van der Waals surface area contributed by atoms with Crippen LogP contribution in [0.25, 0.3) is 0 Å². The van der Waals surface area contributed by atoms with Gasteiger partial charge in [-0.1, -0.05) is 11.6 Å². The molecule has 0 bridgehead atoms. The number of aromatic nitrogens is 2. The Balaban J connectivity index is 1.99. The molecule has 0 atom stereocenters. The SMILES string of the molecule is CCNc1ncc(Cl)c(NCC2(O)CCOCC2)n1. The number of anilines is 2. The zero-order valence-corrected chi connectivity index (χ0v) is 11.7. The van der Waals surface area contributed by atoms with Crippen molar-refractivity contribution in [2.75, 3.05) is 36.9 Å². The molecule has 1 aliphatic rings. The van der Waals surface area contributed by atoms with E-state index in [1.54, 1.807) is 6.20 Å². The molecule has 0 amide bonds. The van der Waals surface area contributed by atoms with Gasteiger partial charge in [0.15, 0.2) is 5.82 Å². The molecule has 3 N–H and O–H groups in total. The van der Waals surface area contributed by atoms with Crippen molar-refractivity contribution in [1.82, 2.24) is 9.97 Å². The Morgan fingerprint density at radius 2 is 2.16 bits per heavy atom. The van der Waals surface area contributed by atoms with Gasteiger partial charge < -0.3 is 20.5 Å². The number of halogens is 1. The van der Waals surface area contributed by atoms with Crippen LogP contribution in [0, 0.1) is 0 Å². The first-order chi connectivity index (χ1) is 9.13.